The molecule has 2 aromatic rings. The van der Waals surface area contributed by atoms with Gasteiger partial charge in [0.1, 0.15) is 0 Å². The molecule has 0 radical (unpaired) electrons. The van der Waals surface area contributed by atoms with Crippen molar-refractivity contribution in [2.24, 2.45) is 5.84 Å². The van der Waals surface area contributed by atoms with Crippen LogP contribution in [0.5, 0.6) is 0 Å². The van der Waals surface area contributed by atoms with Crippen LogP contribution in [0.1, 0.15) is 22.7 Å². The topological polar surface area (TPSA) is 41.3 Å². The lowest BCUT2D eigenvalue weighted by molar-refractivity contribution is 0.637. The third-order valence-electron chi connectivity index (χ3n) is 3.44. The molecule has 0 fully saturated rings. The fraction of sp³-hybridized carbons (Fsp3) is 0.250. The Morgan fingerprint density at radius 2 is 1.65 bits per heavy atom. The number of anilines is 1. The largest absolute Gasteiger partial charge is 0.378 e. The Morgan fingerprint density at radius 3 is 2.15 bits per heavy atom. The smallest absolute Gasteiger partial charge is 0.0710 e. The second-order valence-electron chi connectivity index (χ2n) is 5.09. The van der Waals surface area contributed by atoms with E-state index in [1.54, 1.807) is 0 Å². The minimum Gasteiger partial charge on any atom is -0.378 e. The first-order valence-corrected chi connectivity index (χ1v) is 6.90. The fourth-order valence-electron chi connectivity index (χ4n) is 2.14. The van der Waals surface area contributed by atoms with Gasteiger partial charge in [0.05, 0.1) is 6.04 Å². The molecular formula is C16H20ClN3. The molecule has 2 aromatic carbocycles. The van der Waals surface area contributed by atoms with Crippen molar-refractivity contribution in [3.8, 4) is 0 Å². The molecule has 0 aliphatic carbocycles. The van der Waals surface area contributed by atoms with Crippen molar-refractivity contribution in [1.29, 1.82) is 0 Å². The Kier molecular flexibility index (Phi) is 4.65. The van der Waals surface area contributed by atoms with Gasteiger partial charge >= 0.3 is 0 Å². The van der Waals surface area contributed by atoms with Crippen LogP contribution in [0.15, 0.2) is 42.5 Å². The molecule has 1 atom stereocenters. The average Bonchev–Trinajstić information content (AvgIpc) is 2.44. The van der Waals surface area contributed by atoms with E-state index in [4.69, 9.17) is 17.4 Å². The second-order valence-corrected chi connectivity index (χ2v) is 5.50. The highest BCUT2D eigenvalue weighted by Crippen LogP contribution is 2.26. The van der Waals surface area contributed by atoms with Crippen LogP contribution in [0.2, 0.25) is 5.02 Å². The summed E-state index contributed by atoms with van der Waals surface area (Å²) in [5.74, 6) is 5.72. The Balaban J connectivity index is 2.33. The summed E-state index contributed by atoms with van der Waals surface area (Å²) in [6.45, 7) is 1.99. The van der Waals surface area contributed by atoms with E-state index in [1.165, 1.54) is 0 Å². The van der Waals surface area contributed by atoms with E-state index in [0.717, 1.165) is 27.4 Å². The Morgan fingerprint density at radius 1 is 1.05 bits per heavy atom. The molecule has 0 spiro atoms. The van der Waals surface area contributed by atoms with Crippen LogP contribution in [0, 0.1) is 6.92 Å². The van der Waals surface area contributed by atoms with E-state index < -0.39 is 0 Å². The van der Waals surface area contributed by atoms with Gasteiger partial charge in [0.15, 0.2) is 0 Å². The van der Waals surface area contributed by atoms with Gasteiger partial charge in [-0.15, -0.1) is 0 Å². The molecule has 2 rings (SSSR count). The summed E-state index contributed by atoms with van der Waals surface area (Å²) in [6.07, 6.45) is 0. The molecule has 3 N–H and O–H groups in total. The molecule has 0 saturated heterocycles. The van der Waals surface area contributed by atoms with E-state index in [9.17, 15) is 0 Å². The van der Waals surface area contributed by atoms with Crippen LogP contribution in [0.4, 0.5) is 5.69 Å². The van der Waals surface area contributed by atoms with Gasteiger partial charge in [-0.3, -0.25) is 5.84 Å². The van der Waals surface area contributed by atoms with Crippen molar-refractivity contribution >= 4 is 17.3 Å². The molecule has 20 heavy (non-hydrogen) atoms. The molecule has 0 saturated carbocycles. The van der Waals surface area contributed by atoms with Gasteiger partial charge in [-0.25, -0.2) is 5.43 Å². The zero-order valence-corrected chi connectivity index (χ0v) is 12.8. The molecular weight excluding hydrogens is 270 g/mol. The van der Waals surface area contributed by atoms with Crippen molar-refractivity contribution in [1.82, 2.24) is 5.43 Å². The van der Waals surface area contributed by atoms with Crippen LogP contribution in [0.25, 0.3) is 0 Å². The second kappa shape index (κ2) is 6.27. The van der Waals surface area contributed by atoms with Gasteiger partial charge in [0, 0.05) is 24.8 Å². The highest BCUT2D eigenvalue weighted by atomic mass is 35.5. The van der Waals surface area contributed by atoms with Gasteiger partial charge in [-0.05, 0) is 41.8 Å². The zero-order valence-electron chi connectivity index (χ0n) is 12.0. The first-order valence-electron chi connectivity index (χ1n) is 6.52. The van der Waals surface area contributed by atoms with E-state index >= 15 is 0 Å². The van der Waals surface area contributed by atoms with Crippen LogP contribution in [-0.4, -0.2) is 14.1 Å². The summed E-state index contributed by atoms with van der Waals surface area (Å²) in [4.78, 5) is 2.07. The minimum atomic E-state index is -0.0655. The van der Waals surface area contributed by atoms with Crippen LogP contribution < -0.4 is 16.2 Å². The highest BCUT2D eigenvalue weighted by Gasteiger charge is 2.13. The zero-order chi connectivity index (χ0) is 14.7. The van der Waals surface area contributed by atoms with Gasteiger partial charge in [0.25, 0.3) is 0 Å². The van der Waals surface area contributed by atoms with Crippen molar-refractivity contribution in [2.75, 3.05) is 19.0 Å². The maximum absolute atomic E-state index is 6.19. The lowest BCUT2D eigenvalue weighted by Crippen LogP contribution is -2.28. The normalized spacial score (nSPS) is 12.2. The van der Waals surface area contributed by atoms with Gasteiger partial charge < -0.3 is 4.90 Å². The molecule has 0 aliphatic heterocycles. The van der Waals surface area contributed by atoms with Gasteiger partial charge in [-0.1, -0.05) is 35.9 Å². The Bertz CT molecular complexity index is 579. The molecule has 0 aromatic heterocycles. The molecule has 106 valence electrons. The van der Waals surface area contributed by atoms with E-state index in [-0.39, 0.29) is 6.04 Å². The molecule has 1 unspecified atom stereocenters. The van der Waals surface area contributed by atoms with Crippen molar-refractivity contribution < 1.29 is 0 Å². The molecule has 0 amide bonds. The fourth-order valence-corrected chi connectivity index (χ4v) is 2.33. The summed E-state index contributed by atoms with van der Waals surface area (Å²) in [5, 5.41) is 0.757. The third kappa shape index (κ3) is 3.12. The number of nitrogens with zero attached hydrogens (tertiary/aromatic N) is 1. The molecule has 0 bridgehead atoms. The van der Waals surface area contributed by atoms with Crippen molar-refractivity contribution in [2.45, 2.75) is 13.0 Å². The summed E-state index contributed by atoms with van der Waals surface area (Å²) in [7, 11) is 4.04. The Hall–Kier alpha value is -1.55. The van der Waals surface area contributed by atoms with Crippen molar-refractivity contribution in [3.63, 3.8) is 0 Å². The number of rotatable bonds is 4. The average molecular weight is 290 g/mol. The van der Waals surface area contributed by atoms with Crippen molar-refractivity contribution in [3.05, 3.63) is 64.2 Å². The lowest BCUT2D eigenvalue weighted by atomic mass is 9.98. The summed E-state index contributed by atoms with van der Waals surface area (Å²) in [5.41, 5.74) is 7.25. The number of benzene rings is 2. The number of halogens is 1. The van der Waals surface area contributed by atoms with E-state index in [1.807, 2.05) is 39.2 Å². The highest BCUT2D eigenvalue weighted by molar-refractivity contribution is 6.31. The molecule has 4 heteroatoms. The molecule has 0 aliphatic rings. The monoisotopic (exact) mass is 289 g/mol. The van der Waals surface area contributed by atoms with Gasteiger partial charge in [0.2, 0.25) is 0 Å². The summed E-state index contributed by atoms with van der Waals surface area (Å²) in [6, 6.07) is 14.3. The SMILES string of the molecule is Cc1ccc(C(NN)c2ccc(N(C)C)cc2)cc1Cl. The summed E-state index contributed by atoms with van der Waals surface area (Å²) >= 11 is 6.19. The van der Waals surface area contributed by atoms with E-state index in [2.05, 4.69) is 34.6 Å². The maximum Gasteiger partial charge on any atom is 0.0710 e. The summed E-state index contributed by atoms with van der Waals surface area (Å²) < 4.78 is 0. The molecule has 0 heterocycles. The van der Waals surface area contributed by atoms with Crippen LogP contribution in [0.3, 0.4) is 0 Å². The number of aryl methyl sites for hydroxylation is 1. The lowest BCUT2D eigenvalue weighted by Gasteiger charge is -2.19. The van der Waals surface area contributed by atoms with Crippen LogP contribution in [-0.2, 0) is 0 Å². The Labute approximate surface area is 125 Å². The quantitative estimate of drug-likeness (QED) is 0.670. The van der Waals surface area contributed by atoms with E-state index in [0.29, 0.717) is 0 Å². The number of hydrogen-bond acceptors (Lipinski definition) is 3. The number of nitrogens with two attached hydrogens (primary N) is 1. The minimum absolute atomic E-state index is 0.0655. The first kappa shape index (κ1) is 14.9. The standard InChI is InChI=1S/C16H20ClN3/c1-11-4-5-13(10-15(11)17)16(19-18)12-6-8-14(9-7-12)20(2)3/h4-10,16,19H,18H2,1-3H3. The predicted molar refractivity (Wildman–Crippen MR) is 86.1 cm³/mol. The first-order chi connectivity index (χ1) is 9.52. The predicted octanol–water partition coefficient (Wildman–Crippen LogP) is 3.27. The van der Waals surface area contributed by atoms with Crippen LogP contribution >= 0.6 is 11.6 Å². The maximum atomic E-state index is 6.19. The number of hydrogen-bond donors (Lipinski definition) is 2. The number of nitrogens with one attached hydrogen (secondary N) is 1. The van der Waals surface area contributed by atoms with Gasteiger partial charge in [-0.2, -0.15) is 0 Å². The third-order valence-corrected chi connectivity index (χ3v) is 3.85. The number of hydrazine groups is 1. The molecule has 3 nitrogen and oxygen atoms in total.